The molecule has 1 aromatic heterocycles. The van der Waals surface area contributed by atoms with E-state index in [-0.39, 0.29) is 0 Å². The summed E-state index contributed by atoms with van der Waals surface area (Å²) in [4.78, 5) is 17.1. The second-order valence-electron chi connectivity index (χ2n) is 11.0. The van der Waals surface area contributed by atoms with Crippen LogP contribution in [0.1, 0.15) is 79.3 Å². The Bertz CT molecular complexity index is 1260. The van der Waals surface area contributed by atoms with E-state index in [1.165, 1.54) is 91.5 Å². The molecule has 0 amide bonds. The number of carbonyl (C=O) groups is 1. The Labute approximate surface area is 214 Å². The number of rotatable bonds is 6. The van der Waals surface area contributed by atoms with Gasteiger partial charge in [-0.15, -0.1) is 0 Å². The fourth-order valence-electron chi connectivity index (χ4n) is 6.94. The van der Waals surface area contributed by atoms with E-state index in [1.54, 1.807) is 6.07 Å². The Balaban J connectivity index is 1.52. The number of carboxylic acids is 1. The molecule has 2 aromatic carbocycles. The number of nitrogens with zero attached hydrogens (tertiary/aromatic N) is 3. The van der Waals surface area contributed by atoms with Crippen LogP contribution in [0.3, 0.4) is 0 Å². The highest BCUT2D eigenvalue weighted by molar-refractivity contribution is 5.99. The van der Waals surface area contributed by atoms with Crippen LogP contribution in [0.2, 0.25) is 0 Å². The predicted molar refractivity (Wildman–Crippen MR) is 147 cm³/mol. The molecular formula is C31H39N3O2. The molecule has 1 aliphatic carbocycles. The quantitative estimate of drug-likeness (QED) is 0.431. The van der Waals surface area contributed by atoms with Crippen molar-refractivity contribution in [3.05, 3.63) is 53.1 Å². The molecule has 2 aliphatic heterocycles. The Morgan fingerprint density at radius 1 is 0.917 bits per heavy atom. The monoisotopic (exact) mass is 485 g/mol. The number of aryl methyl sites for hydroxylation is 1. The van der Waals surface area contributed by atoms with Gasteiger partial charge in [-0.25, -0.2) is 4.79 Å². The Morgan fingerprint density at radius 2 is 1.72 bits per heavy atom. The van der Waals surface area contributed by atoms with E-state index in [4.69, 9.17) is 0 Å². The third-order valence-electron chi connectivity index (χ3n) is 8.91. The van der Waals surface area contributed by atoms with Gasteiger partial charge in [-0.2, -0.15) is 0 Å². The van der Waals surface area contributed by atoms with E-state index in [0.717, 1.165) is 38.1 Å². The molecular weight excluding hydrogens is 446 g/mol. The Morgan fingerprint density at radius 3 is 2.47 bits per heavy atom. The van der Waals surface area contributed by atoms with Crippen molar-refractivity contribution in [1.82, 2.24) is 9.47 Å². The highest BCUT2D eigenvalue weighted by atomic mass is 16.4. The number of carboxylic acid groups (broad SMARTS) is 1. The molecule has 0 bridgehead atoms. The largest absolute Gasteiger partial charge is 0.478 e. The standard InChI is InChI=1S/C31H39N3O2/c1-2-22-10-12-26-27(20-22)33(17-16-32-14-6-7-15-32)18-19-34-28-21-24(31(35)36)11-13-25(28)29(30(26)34)23-8-4-3-5-9-23/h10-13,20-21,23H,2-9,14-19H2,1H3,(H,35,36). The second-order valence-corrected chi connectivity index (χ2v) is 11.0. The van der Waals surface area contributed by atoms with Crippen molar-refractivity contribution in [2.75, 3.05) is 37.6 Å². The summed E-state index contributed by atoms with van der Waals surface area (Å²) in [6.07, 6.45) is 10.0. The number of hydrogen-bond donors (Lipinski definition) is 1. The minimum atomic E-state index is -0.847. The summed E-state index contributed by atoms with van der Waals surface area (Å²) in [5, 5.41) is 11.0. The van der Waals surface area contributed by atoms with Crippen LogP contribution in [0.5, 0.6) is 0 Å². The molecule has 6 rings (SSSR count). The van der Waals surface area contributed by atoms with E-state index < -0.39 is 5.97 Å². The van der Waals surface area contributed by atoms with Gasteiger partial charge in [0.1, 0.15) is 0 Å². The molecule has 0 radical (unpaired) electrons. The molecule has 3 aromatic rings. The predicted octanol–water partition coefficient (Wildman–Crippen LogP) is 6.53. The molecule has 1 saturated carbocycles. The van der Waals surface area contributed by atoms with Crippen molar-refractivity contribution in [3.63, 3.8) is 0 Å². The van der Waals surface area contributed by atoms with Crippen molar-refractivity contribution in [2.45, 2.75) is 70.8 Å². The fourth-order valence-corrected chi connectivity index (χ4v) is 6.94. The normalized spacial score (nSPS) is 18.9. The first-order chi connectivity index (χ1) is 17.6. The zero-order chi connectivity index (χ0) is 24.6. The molecule has 2 fully saturated rings. The van der Waals surface area contributed by atoms with E-state index in [0.29, 0.717) is 11.5 Å². The molecule has 1 N–H and O–H groups in total. The van der Waals surface area contributed by atoms with Crippen molar-refractivity contribution in [3.8, 4) is 11.3 Å². The number of fused-ring (bicyclic) bond motifs is 5. The number of aromatic carboxylic acids is 1. The van der Waals surface area contributed by atoms with Crippen molar-refractivity contribution in [1.29, 1.82) is 0 Å². The first kappa shape index (κ1) is 23.6. The maximum absolute atomic E-state index is 11.9. The zero-order valence-corrected chi connectivity index (χ0v) is 21.6. The minimum absolute atomic E-state index is 0.384. The topological polar surface area (TPSA) is 48.7 Å². The van der Waals surface area contributed by atoms with Crippen molar-refractivity contribution in [2.24, 2.45) is 0 Å². The highest BCUT2D eigenvalue weighted by Gasteiger charge is 2.31. The number of benzene rings is 2. The summed E-state index contributed by atoms with van der Waals surface area (Å²) in [5.74, 6) is -0.302. The van der Waals surface area contributed by atoms with Gasteiger partial charge in [0.25, 0.3) is 0 Å². The second kappa shape index (κ2) is 9.93. The number of aromatic nitrogens is 1. The summed E-state index contributed by atoms with van der Waals surface area (Å²) < 4.78 is 2.46. The number of anilines is 1. The van der Waals surface area contributed by atoms with Crippen LogP contribution in [0.25, 0.3) is 22.2 Å². The molecule has 3 aliphatic rings. The smallest absolute Gasteiger partial charge is 0.335 e. The lowest BCUT2D eigenvalue weighted by atomic mass is 9.81. The summed E-state index contributed by atoms with van der Waals surface area (Å²) >= 11 is 0. The summed E-state index contributed by atoms with van der Waals surface area (Å²) in [6.45, 7) is 8.69. The third-order valence-corrected chi connectivity index (χ3v) is 8.91. The van der Waals surface area contributed by atoms with E-state index in [9.17, 15) is 9.90 Å². The average Bonchev–Trinajstić information content (AvgIpc) is 3.51. The maximum Gasteiger partial charge on any atom is 0.335 e. The van der Waals surface area contributed by atoms with Gasteiger partial charge in [0.05, 0.1) is 11.3 Å². The van der Waals surface area contributed by atoms with E-state index >= 15 is 0 Å². The lowest BCUT2D eigenvalue weighted by molar-refractivity contribution is 0.0697. The van der Waals surface area contributed by atoms with Crippen LogP contribution >= 0.6 is 0 Å². The Hall–Kier alpha value is -2.79. The average molecular weight is 486 g/mol. The molecule has 190 valence electrons. The first-order valence-corrected chi connectivity index (χ1v) is 14.1. The molecule has 36 heavy (non-hydrogen) atoms. The lowest BCUT2D eigenvalue weighted by Crippen LogP contribution is -2.35. The van der Waals surface area contributed by atoms with Crippen LogP contribution in [0.15, 0.2) is 36.4 Å². The van der Waals surface area contributed by atoms with Crippen LogP contribution in [-0.2, 0) is 13.0 Å². The van der Waals surface area contributed by atoms with Gasteiger partial charge in [-0.1, -0.05) is 44.4 Å². The van der Waals surface area contributed by atoms with Crippen LogP contribution in [0, 0.1) is 0 Å². The van der Waals surface area contributed by atoms with Crippen molar-refractivity contribution >= 4 is 22.6 Å². The van der Waals surface area contributed by atoms with Crippen LogP contribution < -0.4 is 4.90 Å². The summed E-state index contributed by atoms with van der Waals surface area (Å²) in [6, 6.07) is 12.9. The number of hydrogen-bond acceptors (Lipinski definition) is 3. The van der Waals surface area contributed by atoms with Gasteiger partial charge in [0, 0.05) is 48.3 Å². The molecule has 5 heteroatoms. The molecule has 1 saturated heterocycles. The summed E-state index contributed by atoms with van der Waals surface area (Å²) in [5.41, 5.74) is 8.38. The van der Waals surface area contributed by atoms with Crippen LogP contribution in [0.4, 0.5) is 5.69 Å². The third kappa shape index (κ3) is 4.21. The van der Waals surface area contributed by atoms with Gasteiger partial charge < -0.3 is 19.5 Å². The van der Waals surface area contributed by atoms with Gasteiger partial charge in [-0.05, 0) is 80.4 Å². The van der Waals surface area contributed by atoms with Gasteiger partial charge in [0.2, 0.25) is 0 Å². The highest BCUT2D eigenvalue weighted by Crippen LogP contribution is 2.47. The van der Waals surface area contributed by atoms with E-state index in [1.807, 2.05) is 6.07 Å². The maximum atomic E-state index is 11.9. The van der Waals surface area contributed by atoms with Gasteiger partial charge >= 0.3 is 5.97 Å². The molecule has 0 spiro atoms. The van der Waals surface area contributed by atoms with E-state index in [2.05, 4.69) is 45.6 Å². The van der Waals surface area contributed by atoms with Crippen LogP contribution in [-0.4, -0.2) is 53.3 Å². The van der Waals surface area contributed by atoms with Crippen molar-refractivity contribution < 1.29 is 9.90 Å². The molecule has 3 heterocycles. The first-order valence-electron chi connectivity index (χ1n) is 14.1. The summed E-state index contributed by atoms with van der Waals surface area (Å²) in [7, 11) is 0. The molecule has 5 nitrogen and oxygen atoms in total. The Kier molecular flexibility index (Phi) is 6.51. The minimum Gasteiger partial charge on any atom is -0.478 e. The van der Waals surface area contributed by atoms with Gasteiger partial charge in [-0.3, -0.25) is 0 Å². The zero-order valence-electron chi connectivity index (χ0n) is 21.6. The van der Waals surface area contributed by atoms with Gasteiger partial charge in [0.15, 0.2) is 0 Å². The number of likely N-dealkylation sites (tertiary alicyclic amines) is 1. The molecule has 0 atom stereocenters. The lowest BCUT2D eigenvalue weighted by Gasteiger charge is -2.28. The molecule has 0 unspecified atom stereocenters. The fraction of sp³-hybridized carbons (Fsp3) is 0.516. The SMILES string of the molecule is CCc1ccc2c(c1)N(CCN1CCCC1)CCn1c-2c(C2CCCCC2)c2ccc(C(=O)O)cc21.